The molecule has 0 spiro atoms. The molecule has 0 saturated heterocycles. The minimum atomic E-state index is 1.05. The monoisotopic (exact) mass is 213 g/mol. The van der Waals surface area contributed by atoms with E-state index in [-0.39, 0.29) is 0 Å². The molecule has 0 aliphatic carbocycles. The number of aryl methyl sites for hydroxylation is 1. The largest absolute Gasteiger partial charge is 0.264 e. The fraction of sp³-hybridized carbons (Fsp3) is 0.154. The van der Waals surface area contributed by atoms with E-state index < -0.39 is 0 Å². The number of pyridine rings is 1. The second kappa shape index (κ2) is 3.31. The number of fused-ring (bicyclic) bond motifs is 3. The van der Waals surface area contributed by atoms with E-state index in [0.29, 0.717) is 0 Å². The number of benzene rings is 1. The van der Waals surface area contributed by atoms with Crippen LogP contribution in [-0.4, -0.2) is 4.98 Å². The molecule has 0 unspecified atom stereocenters. The molecule has 15 heavy (non-hydrogen) atoms. The lowest BCUT2D eigenvalue weighted by Crippen LogP contribution is -1.81. The highest BCUT2D eigenvalue weighted by Gasteiger charge is 2.06. The standard InChI is InChI=1S/C13H11NS/c1-2-9-7-14-8-11-10-5-3-4-6-12(10)15-13(9)11/h3-8H,2H2,1H3. The van der Waals surface area contributed by atoms with Gasteiger partial charge in [0.1, 0.15) is 0 Å². The zero-order valence-electron chi connectivity index (χ0n) is 8.53. The van der Waals surface area contributed by atoms with E-state index in [1.165, 1.54) is 25.7 Å². The minimum Gasteiger partial charge on any atom is -0.264 e. The van der Waals surface area contributed by atoms with Crippen LogP contribution in [0.5, 0.6) is 0 Å². The van der Waals surface area contributed by atoms with Crippen molar-refractivity contribution in [3.63, 3.8) is 0 Å². The van der Waals surface area contributed by atoms with Gasteiger partial charge in [0.2, 0.25) is 0 Å². The van der Waals surface area contributed by atoms with Crippen LogP contribution in [-0.2, 0) is 6.42 Å². The van der Waals surface area contributed by atoms with Crippen molar-refractivity contribution in [3.8, 4) is 0 Å². The van der Waals surface area contributed by atoms with Crippen molar-refractivity contribution in [1.29, 1.82) is 0 Å². The molecule has 0 aliphatic rings. The quantitative estimate of drug-likeness (QED) is 0.595. The average Bonchev–Trinajstić information content (AvgIpc) is 2.67. The summed E-state index contributed by atoms with van der Waals surface area (Å²) in [5.41, 5.74) is 1.36. The summed E-state index contributed by atoms with van der Waals surface area (Å²) in [7, 11) is 0. The third-order valence-electron chi connectivity index (χ3n) is 2.74. The van der Waals surface area contributed by atoms with Gasteiger partial charge >= 0.3 is 0 Å². The van der Waals surface area contributed by atoms with E-state index in [9.17, 15) is 0 Å². The van der Waals surface area contributed by atoms with Gasteiger partial charge in [-0.25, -0.2) is 0 Å². The zero-order valence-corrected chi connectivity index (χ0v) is 9.34. The highest BCUT2D eigenvalue weighted by atomic mass is 32.1. The molecule has 2 aromatic heterocycles. The number of rotatable bonds is 1. The van der Waals surface area contributed by atoms with Gasteiger partial charge < -0.3 is 0 Å². The van der Waals surface area contributed by atoms with Crippen molar-refractivity contribution in [1.82, 2.24) is 4.98 Å². The van der Waals surface area contributed by atoms with Crippen molar-refractivity contribution in [2.24, 2.45) is 0 Å². The molecule has 2 heteroatoms. The summed E-state index contributed by atoms with van der Waals surface area (Å²) in [5.74, 6) is 0. The van der Waals surface area contributed by atoms with Crippen LogP contribution in [0.1, 0.15) is 12.5 Å². The van der Waals surface area contributed by atoms with Gasteiger partial charge in [-0.15, -0.1) is 11.3 Å². The molecule has 0 fully saturated rings. The third-order valence-corrected chi connectivity index (χ3v) is 4.00. The molecule has 0 bridgehead atoms. The Kier molecular flexibility index (Phi) is 1.96. The Morgan fingerprint density at radius 1 is 1.13 bits per heavy atom. The Hall–Kier alpha value is -1.41. The maximum atomic E-state index is 4.31. The van der Waals surface area contributed by atoms with E-state index in [2.05, 4.69) is 36.2 Å². The SMILES string of the molecule is CCc1cncc2c1sc1ccccc12. The van der Waals surface area contributed by atoms with Crippen LogP contribution in [0.4, 0.5) is 0 Å². The Bertz CT molecular complexity index is 625. The molecule has 0 saturated carbocycles. The Morgan fingerprint density at radius 3 is 2.87 bits per heavy atom. The average molecular weight is 213 g/mol. The smallest absolute Gasteiger partial charge is 0.0418 e. The predicted octanol–water partition coefficient (Wildman–Crippen LogP) is 4.01. The maximum Gasteiger partial charge on any atom is 0.0418 e. The van der Waals surface area contributed by atoms with Crippen LogP contribution < -0.4 is 0 Å². The van der Waals surface area contributed by atoms with Crippen molar-refractivity contribution in [3.05, 3.63) is 42.2 Å². The molecule has 2 heterocycles. The molecular weight excluding hydrogens is 202 g/mol. The highest BCUT2D eigenvalue weighted by Crippen LogP contribution is 2.34. The van der Waals surface area contributed by atoms with E-state index in [0.717, 1.165) is 6.42 Å². The Labute approximate surface area is 92.4 Å². The molecule has 3 rings (SSSR count). The van der Waals surface area contributed by atoms with Crippen LogP contribution in [0.15, 0.2) is 36.7 Å². The van der Waals surface area contributed by atoms with Gasteiger partial charge in [-0.3, -0.25) is 4.98 Å². The normalized spacial score (nSPS) is 11.3. The first-order valence-electron chi connectivity index (χ1n) is 5.14. The van der Waals surface area contributed by atoms with Crippen molar-refractivity contribution in [2.75, 3.05) is 0 Å². The van der Waals surface area contributed by atoms with Gasteiger partial charge in [0.15, 0.2) is 0 Å². The highest BCUT2D eigenvalue weighted by molar-refractivity contribution is 7.26. The molecular formula is C13H11NS. The molecule has 0 aliphatic heterocycles. The lowest BCUT2D eigenvalue weighted by atomic mass is 10.1. The minimum absolute atomic E-state index is 1.05. The fourth-order valence-electron chi connectivity index (χ4n) is 1.94. The van der Waals surface area contributed by atoms with Crippen LogP contribution in [0.25, 0.3) is 20.2 Å². The zero-order chi connectivity index (χ0) is 10.3. The Morgan fingerprint density at radius 2 is 2.00 bits per heavy atom. The van der Waals surface area contributed by atoms with Gasteiger partial charge in [-0.05, 0) is 18.1 Å². The first-order chi connectivity index (χ1) is 7.40. The number of thiophene rings is 1. The van der Waals surface area contributed by atoms with Gasteiger partial charge in [-0.1, -0.05) is 25.1 Å². The number of nitrogens with zero attached hydrogens (tertiary/aromatic N) is 1. The number of hydrogen-bond acceptors (Lipinski definition) is 2. The summed E-state index contributed by atoms with van der Waals surface area (Å²) in [5, 5.41) is 2.63. The number of aromatic nitrogens is 1. The summed E-state index contributed by atoms with van der Waals surface area (Å²) in [6.07, 6.45) is 5.02. The maximum absolute atomic E-state index is 4.31. The summed E-state index contributed by atoms with van der Waals surface area (Å²) < 4.78 is 2.75. The third kappa shape index (κ3) is 1.25. The summed E-state index contributed by atoms with van der Waals surface area (Å²) >= 11 is 1.87. The van der Waals surface area contributed by atoms with Crippen LogP contribution in [0.3, 0.4) is 0 Å². The van der Waals surface area contributed by atoms with Gasteiger partial charge in [0.25, 0.3) is 0 Å². The van der Waals surface area contributed by atoms with E-state index in [1.54, 1.807) is 0 Å². The first-order valence-corrected chi connectivity index (χ1v) is 5.96. The Balaban J connectivity index is 2.53. The molecule has 0 radical (unpaired) electrons. The van der Waals surface area contributed by atoms with Crippen LogP contribution >= 0.6 is 11.3 Å². The molecule has 74 valence electrons. The van der Waals surface area contributed by atoms with Crippen LogP contribution in [0.2, 0.25) is 0 Å². The molecule has 0 amide bonds. The van der Waals surface area contributed by atoms with Crippen molar-refractivity contribution < 1.29 is 0 Å². The molecule has 0 N–H and O–H groups in total. The topological polar surface area (TPSA) is 12.9 Å². The summed E-state index contributed by atoms with van der Waals surface area (Å²) in [4.78, 5) is 4.31. The van der Waals surface area contributed by atoms with Crippen molar-refractivity contribution in [2.45, 2.75) is 13.3 Å². The second-order valence-electron chi connectivity index (χ2n) is 3.63. The van der Waals surface area contributed by atoms with Crippen LogP contribution in [0, 0.1) is 0 Å². The molecule has 1 aromatic carbocycles. The first kappa shape index (κ1) is 8.86. The van der Waals surface area contributed by atoms with E-state index >= 15 is 0 Å². The van der Waals surface area contributed by atoms with E-state index in [1.807, 2.05) is 23.7 Å². The number of hydrogen-bond donors (Lipinski definition) is 0. The summed E-state index contributed by atoms with van der Waals surface area (Å²) in [6.45, 7) is 2.18. The summed E-state index contributed by atoms with van der Waals surface area (Å²) in [6, 6.07) is 8.54. The fourth-order valence-corrected chi connectivity index (χ4v) is 3.20. The lowest BCUT2D eigenvalue weighted by Gasteiger charge is -1.96. The second-order valence-corrected chi connectivity index (χ2v) is 4.68. The predicted molar refractivity (Wildman–Crippen MR) is 66.5 cm³/mol. The lowest BCUT2D eigenvalue weighted by molar-refractivity contribution is 1.13. The van der Waals surface area contributed by atoms with Gasteiger partial charge in [0.05, 0.1) is 0 Å². The molecule has 0 atom stereocenters. The van der Waals surface area contributed by atoms with E-state index in [4.69, 9.17) is 0 Å². The molecule has 1 nitrogen and oxygen atoms in total. The molecule has 3 aromatic rings. The van der Waals surface area contributed by atoms with Gasteiger partial charge in [0, 0.05) is 32.6 Å². The van der Waals surface area contributed by atoms with Gasteiger partial charge in [-0.2, -0.15) is 0 Å². The van der Waals surface area contributed by atoms with Crippen molar-refractivity contribution >= 4 is 31.5 Å².